The van der Waals surface area contributed by atoms with Crippen LogP contribution in [0.4, 0.5) is 0 Å². The second-order valence-corrected chi connectivity index (χ2v) is 5.69. The predicted molar refractivity (Wildman–Crippen MR) is 80.0 cm³/mol. The average molecular weight is 290 g/mol. The minimum Gasteiger partial charge on any atom is -0.480 e. The summed E-state index contributed by atoms with van der Waals surface area (Å²) in [6, 6.07) is 9.95. The average Bonchev–Trinajstić information content (AvgIpc) is 2.83. The van der Waals surface area contributed by atoms with Crippen LogP contribution < -0.4 is 5.32 Å². The van der Waals surface area contributed by atoms with E-state index in [0.717, 1.165) is 12.8 Å². The number of amides is 1. The van der Waals surface area contributed by atoms with Crippen LogP contribution in [0, 0.1) is 0 Å². The van der Waals surface area contributed by atoms with E-state index in [1.165, 1.54) is 5.56 Å². The van der Waals surface area contributed by atoms with Crippen LogP contribution in [0.1, 0.15) is 25.3 Å². The van der Waals surface area contributed by atoms with Crippen molar-refractivity contribution in [3.8, 4) is 0 Å². The van der Waals surface area contributed by atoms with E-state index in [2.05, 4.69) is 5.32 Å². The third-order valence-corrected chi connectivity index (χ3v) is 4.16. The number of nitrogens with zero attached hydrogens (tertiary/aromatic N) is 1. The molecule has 0 saturated carbocycles. The monoisotopic (exact) mass is 290 g/mol. The zero-order valence-electron chi connectivity index (χ0n) is 12.3. The molecule has 0 spiro atoms. The Labute approximate surface area is 125 Å². The highest BCUT2D eigenvalue weighted by Gasteiger charge is 2.43. The van der Waals surface area contributed by atoms with Crippen molar-refractivity contribution in [2.75, 3.05) is 19.6 Å². The molecule has 21 heavy (non-hydrogen) atoms. The van der Waals surface area contributed by atoms with Crippen LogP contribution >= 0.6 is 0 Å². The van der Waals surface area contributed by atoms with Crippen molar-refractivity contribution in [2.24, 2.45) is 0 Å². The highest BCUT2D eigenvalue weighted by molar-refractivity contribution is 5.82. The molecule has 5 nitrogen and oxygen atoms in total. The Kier molecular flexibility index (Phi) is 4.96. The molecule has 0 radical (unpaired) electrons. The number of aliphatic carboxylic acids is 1. The molecule has 1 aromatic carbocycles. The highest BCUT2D eigenvalue weighted by atomic mass is 16.4. The third-order valence-electron chi connectivity index (χ3n) is 4.16. The van der Waals surface area contributed by atoms with Gasteiger partial charge in [0.15, 0.2) is 0 Å². The third kappa shape index (κ3) is 3.82. The predicted octanol–water partition coefficient (Wildman–Crippen LogP) is 1.28. The Morgan fingerprint density at radius 1 is 1.33 bits per heavy atom. The molecule has 2 rings (SSSR count). The number of hydrogen-bond donors (Lipinski definition) is 2. The van der Waals surface area contributed by atoms with Crippen molar-refractivity contribution in [2.45, 2.75) is 31.7 Å². The van der Waals surface area contributed by atoms with Gasteiger partial charge in [-0.3, -0.25) is 14.5 Å². The molecule has 5 heteroatoms. The summed E-state index contributed by atoms with van der Waals surface area (Å²) in [6.45, 7) is 3.08. The Morgan fingerprint density at radius 2 is 2.05 bits per heavy atom. The fraction of sp³-hybridized carbons (Fsp3) is 0.500. The van der Waals surface area contributed by atoms with Gasteiger partial charge in [0.05, 0.1) is 6.54 Å². The van der Waals surface area contributed by atoms with E-state index in [1.807, 2.05) is 30.3 Å². The molecule has 2 N–H and O–H groups in total. The topological polar surface area (TPSA) is 69.6 Å². The van der Waals surface area contributed by atoms with Crippen molar-refractivity contribution < 1.29 is 14.7 Å². The molecule has 0 bridgehead atoms. The summed E-state index contributed by atoms with van der Waals surface area (Å²) in [5.41, 5.74) is 0.269. The lowest BCUT2D eigenvalue weighted by Gasteiger charge is -2.30. The fourth-order valence-corrected chi connectivity index (χ4v) is 2.73. The van der Waals surface area contributed by atoms with Crippen LogP contribution in [0.3, 0.4) is 0 Å². The molecule has 0 aliphatic carbocycles. The maximum absolute atomic E-state index is 12.0. The number of hydrogen-bond acceptors (Lipinski definition) is 3. The number of carbonyl (C=O) groups is 2. The van der Waals surface area contributed by atoms with Gasteiger partial charge in [-0.15, -0.1) is 0 Å². The van der Waals surface area contributed by atoms with Gasteiger partial charge in [0.1, 0.15) is 5.54 Å². The van der Waals surface area contributed by atoms with Crippen LogP contribution in [0.15, 0.2) is 30.3 Å². The summed E-state index contributed by atoms with van der Waals surface area (Å²) in [4.78, 5) is 25.1. The molecule has 1 heterocycles. The minimum absolute atomic E-state index is 0.111. The molecule has 1 aliphatic heterocycles. The van der Waals surface area contributed by atoms with Gasteiger partial charge in [-0.05, 0) is 38.3 Å². The molecular weight excluding hydrogens is 268 g/mol. The first-order valence-corrected chi connectivity index (χ1v) is 7.31. The van der Waals surface area contributed by atoms with Crippen molar-refractivity contribution in [3.63, 3.8) is 0 Å². The van der Waals surface area contributed by atoms with Gasteiger partial charge in [-0.1, -0.05) is 30.3 Å². The van der Waals surface area contributed by atoms with Crippen LogP contribution in [-0.4, -0.2) is 47.1 Å². The quantitative estimate of drug-likeness (QED) is 0.828. The molecule has 1 fully saturated rings. The van der Waals surface area contributed by atoms with E-state index in [-0.39, 0.29) is 12.5 Å². The van der Waals surface area contributed by atoms with Gasteiger partial charge in [0.2, 0.25) is 5.91 Å². The zero-order chi connectivity index (χ0) is 15.3. The van der Waals surface area contributed by atoms with E-state index < -0.39 is 11.5 Å². The highest BCUT2D eigenvalue weighted by Crippen LogP contribution is 2.28. The van der Waals surface area contributed by atoms with Gasteiger partial charge in [-0.2, -0.15) is 0 Å². The van der Waals surface area contributed by atoms with Crippen LogP contribution in [0.2, 0.25) is 0 Å². The van der Waals surface area contributed by atoms with E-state index >= 15 is 0 Å². The summed E-state index contributed by atoms with van der Waals surface area (Å²) in [6.07, 6.45) is 2.20. The zero-order valence-corrected chi connectivity index (χ0v) is 12.3. The maximum atomic E-state index is 12.0. The summed E-state index contributed by atoms with van der Waals surface area (Å²) < 4.78 is 0. The first-order valence-electron chi connectivity index (χ1n) is 7.31. The first kappa shape index (κ1) is 15.5. The smallest absolute Gasteiger partial charge is 0.323 e. The van der Waals surface area contributed by atoms with Gasteiger partial charge in [-0.25, -0.2) is 0 Å². The molecule has 1 amide bonds. The van der Waals surface area contributed by atoms with Crippen LogP contribution in [-0.2, 0) is 16.0 Å². The summed E-state index contributed by atoms with van der Waals surface area (Å²) >= 11 is 0. The van der Waals surface area contributed by atoms with Gasteiger partial charge >= 0.3 is 5.97 Å². The molecule has 114 valence electrons. The lowest BCUT2D eigenvalue weighted by Crippen LogP contribution is -2.51. The van der Waals surface area contributed by atoms with Gasteiger partial charge in [0, 0.05) is 6.54 Å². The molecule has 1 aliphatic rings. The Hall–Kier alpha value is -1.88. The number of benzene rings is 1. The number of rotatable bonds is 6. The fourth-order valence-electron chi connectivity index (χ4n) is 2.73. The Bertz CT molecular complexity index is 504. The van der Waals surface area contributed by atoms with Crippen molar-refractivity contribution in [1.29, 1.82) is 0 Å². The van der Waals surface area contributed by atoms with E-state index in [1.54, 1.807) is 11.8 Å². The van der Waals surface area contributed by atoms with E-state index in [0.29, 0.717) is 19.5 Å². The maximum Gasteiger partial charge on any atom is 0.323 e. The van der Waals surface area contributed by atoms with Gasteiger partial charge in [0.25, 0.3) is 0 Å². The van der Waals surface area contributed by atoms with Crippen molar-refractivity contribution in [3.05, 3.63) is 35.9 Å². The summed E-state index contributed by atoms with van der Waals surface area (Å²) in [5, 5.41) is 12.2. The van der Waals surface area contributed by atoms with Crippen LogP contribution in [0.25, 0.3) is 0 Å². The van der Waals surface area contributed by atoms with E-state index in [9.17, 15) is 14.7 Å². The van der Waals surface area contributed by atoms with E-state index in [4.69, 9.17) is 0 Å². The molecule has 1 saturated heterocycles. The normalized spacial score (nSPS) is 22.1. The SMILES string of the molecule is CC1(C(=O)O)CCCN1CC(=O)NCCc1ccccc1. The molecule has 1 aromatic rings. The number of carbonyl (C=O) groups excluding carboxylic acids is 1. The lowest BCUT2D eigenvalue weighted by atomic mass is 9.99. The molecule has 1 atom stereocenters. The number of carboxylic acids is 1. The molecule has 0 aromatic heterocycles. The first-order chi connectivity index (χ1) is 10.0. The van der Waals surface area contributed by atoms with Crippen LogP contribution in [0.5, 0.6) is 0 Å². The van der Waals surface area contributed by atoms with Crippen molar-refractivity contribution >= 4 is 11.9 Å². The van der Waals surface area contributed by atoms with Gasteiger partial charge < -0.3 is 10.4 Å². The molecule has 1 unspecified atom stereocenters. The minimum atomic E-state index is -0.906. The molecular formula is C16H22N2O3. The summed E-state index contributed by atoms with van der Waals surface area (Å²) in [5.74, 6) is -0.961. The summed E-state index contributed by atoms with van der Waals surface area (Å²) in [7, 11) is 0. The standard InChI is InChI=1S/C16H22N2O3/c1-16(15(20)21)9-5-11-18(16)12-14(19)17-10-8-13-6-3-2-4-7-13/h2-4,6-7H,5,8-12H2,1H3,(H,17,19)(H,20,21). The number of likely N-dealkylation sites (tertiary alicyclic amines) is 1. The Morgan fingerprint density at radius 3 is 2.71 bits per heavy atom. The number of carboxylic acid groups (broad SMARTS) is 1. The lowest BCUT2D eigenvalue weighted by molar-refractivity contribution is -0.149. The largest absolute Gasteiger partial charge is 0.480 e. The second-order valence-electron chi connectivity index (χ2n) is 5.69. The van der Waals surface area contributed by atoms with Crippen molar-refractivity contribution in [1.82, 2.24) is 10.2 Å². The Balaban J connectivity index is 1.78. The number of nitrogens with one attached hydrogen (secondary N) is 1. The second kappa shape index (κ2) is 6.72.